The summed E-state index contributed by atoms with van der Waals surface area (Å²) < 4.78 is 23.4. The molecule has 0 atom stereocenters. The topological polar surface area (TPSA) is 50.3 Å². The maximum Gasteiger partial charge on any atom is 0.211 e. The summed E-state index contributed by atoms with van der Waals surface area (Å²) in [6.45, 7) is 0.236. The van der Waals surface area contributed by atoms with Crippen LogP contribution in [-0.2, 0) is 16.6 Å². The Bertz CT molecular complexity index is 419. The van der Waals surface area contributed by atoms with Gasteiger partial charge < -0.3 is 0 Å². The lowest BCUT2D eigenvalue weighted by atomic mass is 10.3. The number of hydrogen-bond acceptors (Lipinski definition) is 3. The Hall–Kier alpha value is -0.650. The van der Waals surface area contributed by atoms with E-state index < -0.39 is 10.0 Å². The molecule has 0 unspecified atom stereocenters. The minimum absolute atomic E-state index is 0.236. The smallest absolute Gasteiger partial charge is 0.211 e. The zero-order valence-corrected chi connectivity index (χ0v) is 9.51. The number of hydrogen-bond donors (Lipinski definition) is 0. The Morgan fingerprint density at radius 1 is 1.50 bits per heavy atom. The fourth-order valence-electron chi connectivity index (χ4n) is 0.884. The van der Waals surface area contributed by atoms with Crippen LogP contribution in [0.25, 0.3) is 0 Å². The van der Waals surface area contributed by atoms with Crippen LogP contribution in [0, 0.1) is 0 Å². The molecule has 0 aliphatic rings. The molecule has 0 aliphatic heterocycles. The average Bonchev–Trinajstić information content (AvgIpc) is 2.02. The minimum atomic E-state index is -3.16. The molecule has 6 heteroatoms. The fraction of sp³-hybridized carbons (Fsp3) is 0.375. The van der Waals surface area contributed by atoms with Crippen LogP contribution in [0.4, 0.5) is 0 Å². The van der Waals surface area contributed by atoms with Crippen molar-refractivity contribution in [3.05, 3.63) is 29.0 Å². The van der Waals surface area contributed by atoms with Gasteiger partial charge >= 0.3 is 0 Å². The molecule has 1 heterocycles. The second kappa shape index (κ2) is 4.25. The molecule has 0 N–H and O–H groups in total. The van der Waals surface area contributed by atoms with E-state index in [1.807, 2.05) is 0 Å². The Balaban J connectivity index is 2.80. The summed E-state index contributed by atoms with van der Waals surface area (Å²) in [6.07, 6.45) is 1.15. The minimum Gasteiger partial charge on any atom is -0.240 e. The number of sulfonamides is 1. The molecule has 0 aliphatic carbocycles. The Labute approximate surface area is 88.6 Å². The van der Waals surface area contributed by atoms with E-state index in [0.717, 1.165) is 6.26 Å². The third-order valence-electron chi connectivity index (χ3n) is 1.72. The third kappa shape index (κ3) is 3.25. The molecule has 0 bridgehead atoms. The molecule has 0 saturated carbocycles. The third-order valence-corrected chi connectivity index (χ3v) is 3.20. The first-order chi connectivity index (χ1) is 6.39. The van der Waals surface area contributed by atoms with E-state index in [2.05, 4.69) is 4.98 Å². The van der Waals surface area contributed by atoms with Crippen LogP contribution in [0.5, 0.6) is 0 Å². The van der Waals surface area contributed by atoms with E-state index in [1.165, 1.54) is 11.4 Å². The summed E-state index contributed by atoms with van der Waals surface area (Å²) in [6, 6.07) is 5.11. The molecule has 0 amide bonds. The van der Waals surface area contributed by atoms with E-state index in [1.54, 1.807) is 18.2 Å². The van der Waals surface area contributed by atoms with Crippen molar-refractivity contribution < 1.29 is 8.42 Å². The molecular weight excluding hydrogens is 224 g/mol. The SMILES string of the molecule is CN(Cc1cccc(Cl)n1)S(C)(=O)=O. The van der Waals surface area contributed by atoms with Gasteiger partial charge in [-0.05, 0) is 12.1 Å². The van der Waals surface area contributed by atoms with Gasteiger partial charge in [-0.25, -0.2) is 13.4 Å². The molecule has 1 aromatic rings. The monoisotopic (exact) mass is 234 g/mol. The standard InChI is InChI=1S/C8H11ClN2O2S/c1-11(14(2,12)13)6-7-4-3-5-8(9)10-7/h3-5H,6H2,1-2H3. The highest BCUT2D eigenvalue weighted by atomic mass is 35.5. The highest BCUT2D eigenvalue weighted by Gasteiger charge is 2.11. The molecular formula is C8H11ClN2O2S. The number of pyridine rings is 1. The van der Waals surface area contributed by atoms with Crippen LogP contribution in [0.15, 0.2) is 18.2 Å². The first kappa shape index (κ1) is 11.4. The molecule has 0 fully saturated rings. The van der Waals surface area contributed by atoms with Crippen LogP contribution in [0.3, 0.4) is 0 Å². The van der Waals surface area contributed by atoms with Crippen LogP contribution in [-0.4, -0.2) is 31.0 Å². The lowest BCUT2D eigenvalue weighted by Gasteiger charge is -2.12. The van der Waals surface area contributed by atoms with Gasteiger partial charge in [-0.2, -0.15) is 4.31 Å². The zero-order valence-electron chi connectivity index (χ0n) is 7.94. The van der Waals surface area contributed by atoms with Crippen molar-refractivity contribution in [1.29, 1.82) is 0 Å². The van der Waals surface area contributed by atoms with Crippen molar-refractivity contribution >= 4 is 21.6 Å². The molecule has 0 saturated heterocycles. The van der Waals surface area contributed by atoms with Gasteiger partial charge in [-0.15, -0.1) is 0 Å². The van der Waals surface area contributed by atoms with Crippen LogP contribution in [0.2, 0.25) is 5.15 Å². The Morgan fingerprint density at radius 3 is 2.64 bits per heavy atom. The molecule has 1 rings (SSSR count). The quantitative estimate of drug-likeness (QED) is 0.737. The largest absolute Gasteiger partial charge is 0.240 e. The Morgan fingerprint density at radius 2 is 2.14 bits per heavy atom. The molecule has 1 aromatic heterocycles. The summed E-state index contributed by atoms with van der Waals surface area (Å²) in [5.74, 6) is 0. The van der Waals surface area contributed by atoms with Crippen molar-refractivity contribution in [2.75, 3.05) is 13.3 Å². The Kier molecular flexibility index (Phi) is 3.47. The van der Waals surface area contributed by atoms with E-state index in [4.69, 9.17) is 11.6 Å². The van der Waals surface area contributed by atoms with Crippen molar-refractivity contribution in [1.82, 2.24) is 9.29 Å². The van der Waals surface area contributed by atoms with Gasteiger partial charge in [-0.1, -0.05) is 17.7 Å². The van der Waals surface area contributed by atoms with Gasteiger partial charge in [-0.3, -0.25) is 0 Å². The van der Waals surface area contributed by atoms with Crippen LogP contribution in [0.1, 0.15) is 5.69 Å². The number of halogens is 1. The van der Waals surface area contributed by atoms with Gasteiger partial charge in [0.15, 0.2) is 0 Å². The summed E-state index contributed by atoms with van der Waals surface area (Å²) in [5, 5.41) is 0.365. The predicted octanol–water partition coefficient (Wildman–Crippen LogP) is 1.13. The lowest BCUT2D eigenvalue weighted by molar-refractivity contribution is 0.467. The van der Waals surface area contributed by atoms with Crippen molar-refractivity contribution in [2.24, 2.45) is 0 Å². The predicted molar refractivity (Wildman–Crippen MR) is 55.6 cm³/mol. The number of rotatable bonds is 3. The first-order valence-electron chi connectivity index (χ1n) is 3.92. The summed E-state index contributed by atoms with van der Waals surface area (Å²) in [7, 11) is -1.67. The van der Waals surface area contributed by atoms with Gasteiger partial charge in [0, 0.05) is 7.05 Å². The van der Waals surface area contributed by atoms with E-state index in [-0.39, 0.29) is 6.54 Å². The van der Waals surface area contributed by atoms with Gasteiger partial charge in [0.1, 0.15) is 5.15 Å². The second-order valence-electron chi connectivity index (χ2n) is 2.97. The summed E-state index contributed by atoms with van der Waals surface area (Å²) in [4.78, 5) is 3.99. The maximum absolute atomic E-state index is 11.1. The summed E-state index contributed by atoms with van der Waals surface area (Å²) in [5.41, 5.74) is 0.630. The van der Waals surface area contributed by atoms with Crippen molar-refractivity contribution in [3.8, 4) is 0 Å². The van der Waals surface area contributed by atoms with Gasteiger partial charge in [0.2, 0.25) is 10.0 Å². The zero-order chi connectivity index (χ0) is 10.8. The maximum atomic E-state index is 11.1. The van der Waals surface area contributed by atoms with E-state index in [0.29, 0.717) is 10.8 Å². The van der Waals surface area contributed by atoms with Gasteiger partial charge in [0.05, 0.1) is 18.5 Å². The lowest BCUT2D eigenvalue weighted by Crippen LogP contribution is -2.25. The van der Waals surface area contributed by atoms with Crippen molar-refractivity contribution in [3.63, 3.8) is 0 Å². The highest BCUT2D eigenvalue weighted by Crippen LogP contribution is 2.08. The molecule has 78 valence electrons. The fourth-order valence-corrected chi connectivity index (χ4v) is 1.43. The van der Waals surface area contributed by atoms with Crippen molar-refractivity contribution in [2.45, 2.75) is 6.54 Å². The molecule has 4 nitrogen and oxygen atoms in total. The molecule has 14 heavy (non-hydrogen) atoms. The van der Waals surface area contributed by atoms with Gasteiger partial charge in [0.25, 0.3) is 0 Å². The molecule has 0 aromatic carbocycles. The van der Waals surface area contributed by atoms with E-state index >= 15 is 0 Å². The van der Waals surface area contributed by atoms with E-state index in [9.17, 15) is 8.42 Å². The van der Waals surface area contributed by atoms with Crippen LogP contribution >= 0.6 is 11.6 Å². The number of aromatic nitrogens is 1. The molecule has 0 radical (unpaired) electrons. The number of nitrogens with zero attached hydrogens (tertiary/aromatic N) is 2. The first-order valence-corrected chi connectivity index (χ1v) is 6.15. The highest BCUT2D eigenvalue weighted by molar-refractivity contribution is 7.88. The molecule has 0 spiro atoms. The van der Waals surface area contributed by atoms with Crippen LogP contribution < -0.4 is 0 Å². The second-order valence-corrected chi connectivity index (χ2v) is 5.45. The summed E-state index contributed by atoms with van der Waals surface area (Å²) >= 11 is 5.66. The average molecular weight is 235 g/mol. The normalized spacial score (nSPS) is 12.0.